The van der Waals surface area contributed by atoms with Gasteiger partial charge in [-0.1, -0.05) is 29.8 Å². The molecule has 24 heavy (non-hydrogen) atoms. The summed E-state index contributed by atoms with van der Waals surface area (Å²) in [5.41, 5.74) is 5.92. The van der Waals surface area contributed by atoms with Gasteiger partial charge in [-0.2, -0.15) is 0 Å². The molecule has 0 radical (unpaired) electrons. The van der Waals surface area contributed by atoms with Gasteiger partial charge in [0.15, 0.2) is 0 Å². The molecule has 0 fully saturated rings. The lowest BCUT2D eigenvalue weighted by Gasteiger charge is -2.13. The fraction of sp³-hybridized carbons (Fsp3) is 0.200. The summed E-state index contributed by atoms with van der Waals surface area (Å²) in [5, 5.41) is 5.08. The van der Waals surface area contributed by atoms with E-state index >= 15 is 0 Å². The number of carbonyl (C=O) groups excluding carboxylic acids is 1. The molecule has 0 saturated carbocycles. The van der Waals surface area contributed by atoms with E-state index in [1.807, 2.05) is 62.5 Å². The van der Waals surface area contributed by atoms with Gasteiger partial charge in [0.2, 0.25) is 0 Å². The normalized spacial score (nSPS) is 10.6. The topological polar surface area (TPSA) is 42.0 Å². The van der Waals surface area contributed by atoms with Crippen LogP contribution >= 0.6 is 11.3 Å². The first-order valence-corrected chi connectivity index (χ1v) is 8.78. The van der Waals surface area contributed by atoms with E-state index in [1.165, 1.54) is 5.56 Å². The Morgan fingerprint density at radius 1 is 1.12 bits per heavy atom. The highest BCUT2D eigenvalue weighted by Crippen LogP contribution is 2.26. The van der Waals surface area contributed by atoms with Crippen LogP contribution in [0.4, 0.5) is 0 Å². The second-order valence-electron chi connectivity index (χ2n) is 5.94. The van der Waals surface area contributed by atoms with Crippen molar-refractivity contribution in [2.24, 2.45) is 0 Å². The van der Waals surface area contributed by atoms with Gasteiger partial charge >= 0.3 is 0 Å². The lowest BCUT2D eigenvalue weighted by Crippen LogP contribution is -2.25. The monoisotopic (exact) mass is 336 g/mol. The van der Waals surface area contributed by atoms with Crippen molar-refractivity contribution in [3.8, 4) is 10.6 Å². The molecule has 3 nitrogen and oxygen atoms in total. The zero-order chi connectivity index (χ0) is 17.1. The lowest BCUT2D eigenvalue weighted by molar-refractivity contribution is 0.0949. The summed E-state index contributed by atoms with van der Waals surface area (Å²) < 4.78 is 0. The summed E-state index contributed by atoms with van der Waals surface area (Å²) >= 11 is 1.65. The quantitative estimate of drug-likeness (QED) is 0.752. The summed E-state index contributed by atoms with van der Waals surface area (Å²) in [6, 6.07) is 12.1. The molecule has 0 unspecified atom stereocenters. The Bertz CT molecular complexity index is 846. The van der Waals surface area contributed by atoms with Crippen LogP contribution < -0.4 is 5.32 Å². The average Bonchev–Trinajstić information content (AvgIpc) is 3.06. The highest BCUT2D eigenvalue weighted by molar-refractivity contribution is 7.13. The molecule has 1 N–H and O–H groups in total. The second kappa shape index (κ2) is 6.97. The van der Waals surface area contributed by atoms with Crippen molar-refractivity contribution in [2.45, 2.75) is 27.3 Å². The molecule has 1 amide bonds. The van der Waals surface area contributed by atoms with E-state index in [9.17, 15) is 4.79 Å². The molecule has 0 atom stereocenters. The maximum Gasteiger partial charge on any atom is 0.252 e. The summed E-state index contributed by atoms with van der Waals surface area (Å²) in [5.74, 6) is -0.0361. The molecule has 3 aromatic rings. The zero-order valence-corrected chi connectivity index (χ0v) is 14.9. The average molecular weight is 336 g/mol. The predicted molar refractivity (Wildman–Crippen MR) is 99.4 cm³/mol. The molecule has 0 spiro atoms. The first-order chi connectivity index (χ1) is 11.6. The molecule has 3 rings (SSSR count). The van der Waals surface area contributed by atoms with Crippen LogP contribution in [0.2, 0.25) is 0 Å². The Labute approximate surface area is 146 Å². The Hall–Kier alpha value is -2.46. The van der Waals surface area contributed by atoms with Gasteiger partial charge in [-0.25, -0.2) is 0 Å². The number of rotatable bonds is 4. The standard InChI is InChI=1S/C20H20N2OS/c1-13-10-14(2)18(15(3)11-13)20(23)22-12-16-6-4-8-21-19(16)17-7-5-9-24-17/h4-11H,12H2,1-3H3,(H,22,23). The van der Waals surface area contributed by atoms with E-state index < -0.39 is 0 Å². The van der Waals surface area contributed by atoms with Crippen LogP contribution in [0.1, 0.15) is 32.6 Å². The van der Waals surface area contributed by atoms with Gasteiger partial charge in [0.25, 0.3) is 5.91 Å². The molecule has 4 heteroatoms. The van der Waals surface area contributed by atoms with E-state index in [0.717, 1.165) is 32.8 Å². The summed E-state index contributed by atoms with van der Waals surface area (Å²) in [7, 11) is 0. The molecule has 0 aliphatic heterocycles. The number of hydrogen-bond acceptors (Lipinski definition) is 3. The summed E-state index contributed by atoms with van der Waals surface area (Å²) in [6.07, 6.45) is 1.79. The minimum absolute atomic E-state index is 0.0361. The van der Waals surface area contributed by atoms with Gasteiger partial charge in [0, 0.05) is 18.3 Å². The van der Waals surface area contributed by atoms with E-state index in [1.54, 1.807) is 17.5 Å². The van der Waals surface area contributed by atoms with Crippen molar-refractivity contribution in [3.05, 3.63) is 75.8 Å². The fourth-order valence-electron chi connectivity index (χ4n) is 3.02. The third-order valence-corrected chi connectivity index (χ3v) is 4.87. The Morgan fingerprint density at radius 2 is 1.88 bits per heavy atom. The number of pyridine rings is 1. The Kier molecular flexibility index (Phi) is 4.76. The number of carbonyl (C=O) groups is 1. The third-order valence-electron chi connectivity index (χ3n) is 3.99. The maximum absolute atomic E-state index is 12.6. The van der Waals surface area contributed by atoms with Gasteiger partial charge in [-0.3, -0.25) is 9.78 Å². The van der Waals surface area contributed by atoms with Crippen molar-refractivity contribution in [1.82, 2.24) is 10.3 Å². The van der Waals surface area contributed by atoms with Crippen molar-refractivity contribution in [3.63, 3.8) is 0 Å². The van der Waals surface area contributed by atoms with Crippen molar-refractivity contribution in [2.75, 3.05) is 0 Å². The number of aryl methyl sites for hydroxylation is 3. The van der Waals surface area contributed by atoms with Crippen LogP contribution in [0.15, 0.2) is 48.0 Å². The first-order valence-electron chi connectivity index (χ1n) is 7.90. The van der Waals surface area contributed by atoms with Crippen LogP contribution in [0.5, 0.6) is 0 Å². The van der Waals surface area contributed by atoms with Crippen LogP contribution in [0, 0.1) is 20.8 Å². The fourth-order valence-corrected chi connectivity index (χ4v) is 3.77. The smallest absolute Gasteiger partial charge is 0.252 e. The van der Waals surface area contributed by atoms with Gasteiger partial charge in [0.1, 0.15) is 0 Å². The first kappa shape index (κ1) is 16.4. The molecule has 0 saturated heterocycles. The van der Waals surface area contributed by atoms with E-state index in [0.29, 0.717) is 6.54 Å². The number of thiophene rings is 1. The minimum Gasteiger partial charge on any atom is -0.348 e. The molecular weight excluding hydrogens is 316 g/mol. The predicted octanol–water partition coefficient (Wildman–Crippen LogP) is 4.67. The highest BCUT2D eigenvalue weighted by Gasteiger charge is 2.14. The molecule has 0 aliphatic carbocycles. The number of amides is 1. The van der Waals surface area contributed by atoms with E-state index in [-0.39, 0.29) is 5.91 Å². The van der Waals surface area contributed by atoms with Crippen molar-refractivity contribution >= 4 is 17.2 Å². The van der Waals surface area contributed by atoms with Crippen LogP contribution in [-0.2, 0) is 6.54 Å². The summed E-state index contributed by atoms with van der Waals surface area (Å²) in [6.45, 7) is 6.48. The van der Waals surface area contributed by atoms with Crippen LogP contribution in [-0.4, -0.2) is 10.9 Å². The van der Waals surface area contributed by atoms with Gasteiger partial charge in [-0.05, 0) is 55.0 Å². The van der Waals surface area contributed by atoms with Crippen LogP contribution in [0.3, 0.4) is 0 Å². The molecule has 0 aliphatic rings. The van der Waals surface area contributed by atoms with Gasteiger partial charge < -0.3 is 5.32 Å². The molecule has 2 aromatic heterocycles. The summed E-state index contributed by atoms with van der Waals surface area (Å²) in [4.78, 5) is 18.2. The number of benzene rings is 1. The number of nitrogens with zero attached hydrogens (tertiary/aromatic N) is 1. The largest absolute Gasteiger partial charge is 0.348 e. The minimum atomic E-state index is -0.0361. The number of aromatic nitrogens is 1. The van der Waals surface area contributed by atoms with E-state index in [2.05, 4.69) is 10.3 Å². The lowest BCUT2D eigenvalue weighted by atomic mass is 9.99. The molecule has 122 valence electrons. The molecule has 0 bridgehead atoms. The highest BCUT2D eigenvalue weighted by atomic mass is 32.1. The van der Waals surface area contributed by atoms with Crippen molar-refractivity contribution < 1.29 is 4.79 Å². The maximum atomic E-state index is 12.6. The number of hydrogen-bond donors (Lipinski definition) is 1. The number of nitrogens with one attached hydrogen (secondary N) is 1. The van der Waals surface area contributed by atoms with E-state index in [4.69, 9.17) is 0 Å². The zero-order valence-electron chi connectivity index (χ0n) is 14.1. The van der Waals surface area contributed by atoms with Crippen molar-refractivity contribution in [1.29, 1.82) is 0 Å². The molecular formula is C20H20N2OS. The van der Waals surface area contributed by atoms with Crippen LogP contribution in [0.25, 0.3) is 10.6 Å². The molecule has 2 heterocycles. The SMILES string of the molecule is Cc1cc(C)c(C(=O)NCc2cccnc2-c2cccs2)c(C)c1. The third kappa shape index (κ3) is 3.39. The Balaban J connectivity index is 1.81. The second-order valence-corrected chi connectivity index (χ2v) is 6.89. The molecule has 1 aromatic carbocycles. The van der Waals surface area contributed by atoms with Gasteiger partial charge in [0.05, 0.1) is 10.6 Å². The van der Waals surface area contributed by atoms with Gasteiger partial charge in [-0.15, -0.1) is 11.3 Å². The Morgan fingerprint density at radius 3 is 2.54 bits per heavy atom.